The van der Waals surface area contributed by atoms with Gasteiger partial charge in [0, 0.05) is 18.0 Å². The molecule has 0 spiro atoms. The summed E-state index contributed by atoms with van der Waals surface area (Å²) in [6.07, 6.45) is 0.671. The highest BCUT2D eigenvalue weighted by Crippen LogP contribution is 2.23. The van der Waals surface area contributed by atoms with E-state index >= 15 is 0 Å². The quantitative estimate of drug-likeness (QED) is 0.787. The van der Waals surface area contributed by atoms with E-state index < -0.39 is 0 Å². The molecule has 0 unspecified atom stereocenters. The monoisotopic (exact) mass is 257 g/mol. The van der Waals surface area contributed by atoms with Gasteiger partial charge in [-0.15, -0.1) is 0 Å². The number of anilines is 3. The SMILES string of the molecule is Cc1cc(N)c(Nc2ccc(CCO)cc2)nc1C. The van der Waals surface area contributed by atoms with Crippen LogP contribution in [0.3, 0.4) is 0 Å². The summed E-state index contributed by atoms with van der Waals surface area (Å²) >= 11 is 0. The maximum Gasteiger partial charge on any atom is 0.153 e. The fraction of sp³-hybridized carbons (Fsp3) is 0.267. The average Bonchev–Trinajstić information content (AvgIpc) is 2.38. The maximum atomic E-state index is 8.87. The smallest absolute Gasteiger partial charge is 0.153 e. The van der Waals surface area contributed by atoms with Crippen molar-refractivity contribution in [2.24, 2.45) is 0 Å². The molecule has 1 aromatic carbocycles. The molecular formula is C15H19N3O. The van der Waals surface area contributed by atoms with Gasteiger partial charge in [-0.05, 0) is 49.6 Å². The predicted octanol–water partition coefficient (Wildman–Crippen LogP) is 2.56. The van der Waals surface area contributed by atoms with Gasteiger partial charge in [-0.25, -0.2) is 4.98 Å². The first kappa shape index (κ1) is 13.4. The van der Waals surface area contributed by atoms with Gasteiger partial charge >= 0.3 is 0 Å². The number of benzene rings is 1. The van der Waals surface area contributed by atoms with Gasteiger partial charge in [0.2, 0.25) is 0 Å². The van der Waals surface area contributed by atoms with Crippen molar-refractivity contribution in [1.29, 1.82) is 0 Å². The molecule has 0 radical (unpaired) electrons. The zero-order chi connectivity index (χ0) is 13.8. The van der Waals surface area contributed by atoms with E-state index in [1.807, 2.05) is 44.2 Å². The highest BCUT2D eigenvalue weighted by molar-refractivity contribution is 5.69. The molecule has 0 amide bonds. The van der Waals surface area contributed by atoms with Gasteiger partial charge in [0.25, 0.3) is 0 Å². The number of nitrogens with two attached hydrogens (primary N) is 1. The number of hydrogen-bond donors (Lipinski definition) is 3. The molecule has 0 saturated carbocycles. The van der Waals surface area contributed by atoms with Crippen LogP contribution in [0.25, 0.3) is 0 Å². The van der Waals surface area contributed by atoms with E-state index in [1.54, 1.807) is 0 Å². The summed E-state index contributed by atoms with van der Waals surface area (Å²) in [5.41, 5.74) is 10.7. The number of aliphatic hydroxyl groups is 1. The van der Waals surface area contributed by atoms with Crippen LogP contribution in [0.1, 0.15) is 16.8 Å². The summed E-state index contributed by atoms with van der Waals surface area (Å²) in [5.74, 6) is 0.679. The molecule has 0 saturated heterocycles. The lowest BCUT2D eigenvalue weighted by atomic mass is 10.1. The lowest BCUT2D eigenvalue weighted by Gasteiger charge is -2.11. The number of pyridine rings is 1. The van der Waals surface area contributed by atoms with Crippen LogP contribution in [0.4, 0.5) is 17.2 Å². The third kappa shape index (κ3) is 3.23. The summed E-state index contributed by atoms with van der Waals surface area (Å²) in [6.45, 7) is 4.12. The fourth-order valence-electron chi connectivity index (χ4n) is 1.85. The number of aliphatic hydroxyl groups excluding tert-OH is 1. The van der Waals surface area contributed by atoms with E-state index in [0.717, 1.165) is 22.5 Å². The maximum absolute atomic E-state index is 8.87. The van der Waals surface area contributed by atoms with Gasteiger partial charge < -0.3 is 16.2 Å². The molecule has 1 aromatic heterocycles. The molecule has 1 heterocycles. The highest BCUT2D eigenvalue weighted by atomic mass is 16.2. The Morgan fingerprint density at radius 1 is 1.21 bits per heavy atom. The minimum Gasteiger partial charge on any atom is -0.396 e. The lowest BCUT2D eigenvalue weighted by Crippen LogP contribution is -2.02. The first-order chi connectivity index (χ1) is 9.10. The second kappa shape index (κ2) is 5.71. The molecule has 0 aliphatic rings. The summed E-state index contributed by atoms with van der Waals surface area (Å²) in [4.78, 5) is 4.45. The molecule has 4 N–H and O–H groups in total. The van der Waals surface area contributed by atoms with Gasteiger partial charge in [-0.1, -0.05) is 12.1 Å². The van der Waals surface area contributed by atoms with E-state index in [1.165, 1.54) is 0 Å². The van der Waals surface area contributed by atoms with Crippen LogP contribution in [-0.4, -0.2) is 16.7 Å². The normalized spacial score (nSPS) is 10.5. The lowest BCUT2D eigenvalue weighted by molar-refractivity contribution is 0.299. The summed E-state index contributed by atoms with van der Waals surface area (Å²) in [6, 6.07) is 9.80. The predicted molar refractivity (Wildman–Crippen MR) is 78.6 cm³/mol. The summed E-state index contributed by atoms with van der Waals surface area (Å²) in [7, 11) is 0. The van der Waals surface area contributed by atoms with Gasteiger partial charge in [0.05, 0.1) is 5.69 Å². The molecule has 2 aromatic rings. The molecule has 0 fully saturated rings. The highest BCUT2D eigenvalue weighted by Gasteiger charge is 2.04. The van der Waals surface area contributed by atoms with Crippen molar-refractivity contribution in [2.45, 2.75) is 20.3 Å². The molecule has 4 nitrogen and oxygen atoms in total. The first-order valence-electron chi connectivity index (χ1n) is 6.30. The number of rotatable bonds is 4. The summed E-state index contributed by atoms with van der Waals surface area (Å²) < 4.78 is 0. The van der Waals surface area contributed by atoms with Crippen LogP contribution in [0.5, 0.6) is 0 Å². The zero-order valence-electron chi connectivity index (χ0n) is 11.3. The van der Waals surface area contributed by atoms with E-state index in [4.69, 9.17) is 10.8 Å². The number of nitrogens with one attached hydrogen (secondary N) is 1. The Morgan fingerprint density at radius 2 is 1.89 bits per heavy atom. The van der Waals surface area contributed by atoms with Crippen molar-refractivity contribution < 1.29 is 5.11 Å². The number of hydrogen-bond acceptors (Lipinski definition) is 4. The molecule has 2 rings (SSSR count). The summed E-state index contributed by atoms with van der Waals surface area (Å²) in [5, 5.41) is 12.1. The van der Waals surface area contributed by atoms with Crippen molar-refractivity contribution >= 4 is 17.2 Å². The van der Waals surface area contributed by atoms with Crippen molar-refractivity contribution in [2.75, 3.05) is 17.7 Å². The molecule has 0 atom stereocenters. The number of aryl methyl sites for hydroxylation is 2. The van der Waals surface area contributed by atoms with Crippen LogP contribution < -0.4 is 11.1 Å². The van der Waals surface area contributed by atoms with E-state index in [2.05, 4.69) is 10.3 Å². The number of aromatic nitrogens is 1. The van der Waals surface area contributed by atoms with E-state index in [9.17, 15) is 0 Å². The van der Waals surface area contributed by atoms with Crippen LogP contribution >= 0.6 is 0 Å². The molecule has 0 aliphatic heterocycles. The Kier molecular flexibility index (Phi) is 4.02. The molecule has 0 bridgehead atoms. The van der Waals surface area contributed by atoms with Crippen molar-refractivity contribution in [1.82, 2.24) is 4.98 Å². The van der Waals surface area contributed by atoms with Crippen LogP contribution in [0.2, 0.25) is 0 Å². The van der Waals surface area contributed by atoms with E-state index in [-0.39, 0.29) is 6.61 Å². The van der Waals surface area contributed by atoms with Crippen molar-refractivity contribution in [3.63, 3.8) is 0 Å². The van der Waals surface area contributed by atoms with Crippen molar-refractivity contribution in [3.8, 4) is 0 Å². The Balaban J connectivity index is 2.19. The van der Waals surface area contributed by atoms with E-state index in [0.29, 0.717) is 17.9 Å². The molecule has 19 heavy (non-hydrogen) atoms. The van der Waals surface area contributed by atoms with Gasteiger partial charge in [-0.3, -0.25) is 0 Å². The van der Waals surface area contributed by atoms with Gasteiger partial charge in [0.15, 0.2) is 5.82 Å². The largest absolute Gasteiger partial charge is 0.396 e. The molecule has 4 heteroatoms. The second-order valence-electron chi connectivity index (χ2n) is 4.62. The first-order valence-corrected chi connectivity index (χ1v) is 6.30. The average molecular weight is 257 g/mol. The number of nitrogens with zero attached hydrogens (tertiary/aromatic N) is 1. The minimum absolute atomic E-state index is 0.165. The minimum atomic E-state index is 0.165. The number of nitrogen functional groups attached to an aromatic ring is 1. The Morgan fingerprint density at radius 3 is 2.53 bits per heavy atom. The Bertz CT molecular complexity index is 564. The standard InChI is InChI=1S/C15H19N3O/c1-10-9-14(16)15(17-11(10)2)18-13-5-3-12(4-6-13)7-8-19/h3-6,9,19H,7-8,16H2,1-2H3,(H,17,18). The molecular weight excluding hydrogens is 238 g/mol. The topological polar surface area (TPSA) is 71.2 Å². The van der Waals surface area contributed by atoms with Crippen LogP contribution in [-0.2, 0) is 6.42 Å². The Labute approximate surface area is 113 Å². The van der Waals surface area contributed by atoms with Crippen LogP contribution in [0, 0.1) is 13.8 Å². The molecule has 100 valence electrons. The third-order valence-corrected chi connectivity index (χ3v) is 3.11. The van der Waals surface area contributed by atoms with Crippen LogP contribution in [0.15, 0.2) is 30.3 Å². The zero-order valence-corrected chi connectivity index (χ0v) is 11.3. The van der Waals surface area contributed by atoms with Gasteiger partial charge in [-0.2, -0.15) is 0 Å². The third-order valence-electron chi connectivity index (χ3n) is 3.11. The van der Waals surface area contributed by atoms with Gasteiger partial charge in [0.1, 0.15) is 0 Å². The molecule has 0 aliphatic carbocycles. The second-order valence-corrected chi connectivity index (χ2v) is 4.62. The Hall–Kier alpha value is -2.07. The van der Waals surface area contributed by atoms with Crippen molar-refractivity contribution in [3.05, 3.63) is 47.2 Å². The fourth-order valence-corrected chi connectivity index (χ4v) is 1.85.